The van der Waals surface area contributed by atoms with Gasteiger partial charge in [0.15, 0.2) is 0 Å². The molecule has 3 nitrogen and oxygen atoms in total. The fourth-order valence-electron chi connectivity index (χ4n) is 2.77. The van der Waals surface area contributed by atoms with Crippen LogP contribution >= 0.6 is 0 Å². The van der Waals surface area contributed by atoms with E-state index in [-0.39, 0.29) is 5.41 Å². The second kappa shape index (κ2) is 8.89. The van der Waals surface area contributed by atoms with Crippen LogP contribution < -0.4 is 5.73 Å². The second-order valence-corrected chi connectivity index (χ2v) is 5.84. The molecule has 0 amide bonds. The van der Waals surface area contributed by atoms with Crippen molar-refractivity contribution in [1.82, 2.24) is 4.90 Å². The molecule has 1 atom stereocenters. The molecule has 0 aromatic rings. The Morgan fingerprint density at radius 3 is 2.28 bits per heavy atom. The van der Waals surface area contributed by atoms with Crippen LogP contribution in [0.2, 0.25) is 0 Å². The van der Waals surface area contributed by atoms with Gasteiger partial charge in [0.25, 0.3) is 0 Å². The lowest BCUT2D eigenvalue weighted by atomic mass is 9.82. The number of rotatable bonds is 9. The van der Waals surface area contributed by atoms with Crippen LogP contribution in [0, 0.1) is 5.41 Å². The van der Waals surface area contributed by atoms with Crippen LogP contribution in [0.15, 0.2) is 0 Å². The highest BCUT2D eigenvalue weighted by Gasteiger charge is 2.33. The molecule has 0 radical (unpaired) electrons. The monoisotopic (exact) mass is 256 g/mol. The van der Waals surface area contributed by atoms with Crippen molar-refractivity contribution in [3.8, 4) is 0 Å². The Morgan fingerprint density at radius 1 is 1.17 bits per heavy atom. The molecule has 0 spiro atoms. The number of nitrogens with two attached hydrogens (primary N) is 1. The lowest BCUT2D eigenvalue weighted by molar-refractivity contribution is -0.0222. The van der Waals surface area contributed by atoms with Crippen LogP contribution in [0.1, 0.15) is 52.4 Å². The summed E-state index contributed by atoms with van der Waals surface area (Å²) in [5.41, 5.74) is 6.26. The van der Waals surface area contributed by atoms with E-state index in [0.29, 0.717) is 0 Å². The summed E-state index contributed by atoms with van der Waals surface area (Å²) in [6.07, 6.45) is 7.55. The number of hydrogen-bond donors (Lipinski definition) is 1. The van der Waals surface area contributed by atoms with Gasteiger partial charge in [-0.1, -0.05) is 26.7 Å². The summed E-state index contributed by atoms with van der Waals surface area (Å²) in [6, 6.07) is 0. The van der Waals surface area contributed by atoms with E-state index in [1.165, 1.54) is 51.6 Å². The Labute approximate surface area is 113 Å². The second-order valence-electron chi connectivity index (χ2n) is 5.84. The highest BCUT2D eigenvalue weighted by molar-refractivity contribution is 4.86. The minimum Gasteiger partial charge on any atom is -0.381 e. The Morgan fingerprint density at radius 2 is 1.83 bits per heavy atom. The quantitative estimate of drug-likeness (QED) is 0.689. The Hall–Kier alpha value is -0.120. The molecule has 1 fully saturated rings. The summed E-state index contributed by atoms with van der Waals surface area (Å²) in [6.45, 7) is 10.6. The molecule has 0 saturated carbocycles. The van der Waals surface area contributed by atoms with Crippen molar-refractivity contribution in [1.29, 1.82) is 0 Å². The summed E-state index contributed by atoms with van der Waals surface area (Å²) < 4.78 is 5.68. The van der Waals surface area contributed by atoms with E-state index in [1.54, 1.807) is 0 Å². The first-order valence-electron chi connectivity index (χ1n) is 7.76. The molecule has 3 heteroatoms. The van der Waals surface area contributed by atoms with Gasteiger partial charge in [-0.2, -0.15) is 0 Å². The summed E-state index contributed by atoms with van der Waals surface area (Å²) in [5, 5.41) is 0. The molecule has 2 N–H and O–H groups in total. The van der Waals surface area contributed by atoms with Gasteiger partial charge in [-0.25, -0.2) is 0 Å². The molecule has 0 aromatic heterocycles. The highest BCUT2D eigenvalue weighted by atomic mass is 16.5. The first kappa shape index (κ1) is 15.9. The Bertz CT molecular complexity index is 195. The summed E-state index contributed by atoms with van der Waals surface area (Å²) in [7, 11) is 0. The van der Waals surface area contributed by atoms with E-state index in [2.05, 4.69) is 18.7 Å². The Balaban J connectivity index is 2.49. The molecular formula is C15H32N2O. The maximum atomic E-state index is 6.04. The first-order valence-corrected chi connectivity index (χ1v) is 7.76. The van der Waals surface area contributed by atoms with Gasteiger partial charge in [0.1, 0.15) is 0 Å². The smallest absolute Gasteiger partial charge is 0.0546 e. The standard InChI is InChI=1S/C15H32N2O/c1-3-5-9-17(10-6-4-2)13-15(12-16)8-7-11-18-14-15/h3-14,16H2,1-2H3. The third-order valence-electron chi connectivity index (χ3n) is 4.05. The molecular weight excluding hydrogens is 224 g/mol. The average molecular weight is 256 g/mol. The van der Waals surface area contributed by atoms with Gasteiger partial charge in [0.05, 0.1) is 6.61 Å². The maximum Gasteiger partial charge on any atom is 0.0546 e. The van der Waals surface area contributed by atoms with Gasteiger partial charge in [0.2, 0.25) is 0 Å². The molecule has 1 aliphatic rings. The van der Waals surface area contributed by atoms with E-state index >= 15 is 0 Å². The van der Waals surface area contributed by atoms with Crippen LogP contribution in [0.5, 0.6) is 0 Å². The fourth-order valence-corrected chi connectivity index (χ4v) is 2.77. The van der Waals surface area contributed by atoms with E-state index < -0.39 is 0 Å². The fraction of sp³-hybridized carbons (Fsp3) is 1.00. The minimum absolute atomic E-state index is 0.222. The van der Waals surface area contributed by atoms with Crippen molar-refractivity contribution in [2.75, 3.05) is 39.4 Å². The number of ether oxygens (including phenoxy) is 1. The van der Waals surface area contributed by atoms with Gasteiger partial charge in [-0.15, -0.1) is 0 Å². The van der Waals surface area contributed by atoms with Crippen LogP contribution in [0.4, 0.5) is 0 Å². The van der Waals surface area contributed by atoms with Crippen molar-refractivity contribution in [2.45, 2.75) is 52.4 Å². The van der Waals surface area contributed by atoms with E-state index in [0.717, 1.165) is 26.3 Å². The molecule has 0 aliphatic carbocycles. The zero-order valence-electron chi connectivity index (χ0n) is 12.4. The van der Waals surface area contributed by atoms with Gasteiger partial charge in [-0.05, 0) is 38.8 Å². The van der Waals surface area contributed by atoms with Crippen molar-refractivity contribution in [3.63, 3.8) is 0 Å². The zero-order chi connectivity index (χ0) is 13.3. The largest absolute Gasteiger partial charge is 0.381 e. The molecule has 1 heterocycles. The van der Waals surface area contributed by atoms with Gasteiger partial charge in [0, 0.05) is 25.1 Å². The third kappa shape index (κ3) is 5.25. The Kier molecular flexibility index (Phi) is 7.87. The summed E-state index contributed by atoms with van der Waals surface area (Å²) in [5.74, 6) is 0. The number of hydrogen-bond acceptors (Lipinski definition) is 3. The summed E-state index contributed by atoms with van der Waals surface area (Å²) >= 11 is 0. The van der Waals surface area contributed by atoms with Crippen molar-refractivity contribution < 1.29 is 4.74 Å². The van der Waals surface area contributed by atoms with Crippen molar-refractivity contribution in [3.05, 3.63) is 0 Å². The third-order valence-corrected chi connectivity index (χ3v) is 4.05. The average Bonchev–Trinajstić information content (AvgIpc) is 2.43. The zero-order valence-corrected chi connectivity index (χ0v) is 12.4. The molecule has 108 valence electrons. The van der Waals surface area contributed by atoms with Crippen LogP contribution in [0.25, 0.3) is 0 Å². The lowest BCUT2D eigenvalue weighted by Gasteiger charge is -2.40. The SMILES string of the molecule is CCCCN(CCCC)CC1(CN)CCCOC1. The molecule has 1 aliphatic heterocycles. The summed E-state index contributed by atoms with van der Waals surface area (Å²) in [4.78, 5) is 2.62. The maximum absolute atomic E-state index is 6.04. The molecule has 1 unspecified atom stereocenters. The molecule has 18 heavy (non-hydrogen) atoms. The van der Waals surface area contributed by atoms with Gasteiger partial charge >= 0.3 is 0 Å². The predicted octanol–water partition coefficient (Wildman–Crippen LogP) is 2.64. The van der Waals surface area contributed by atoms with Crippen LogP contribution in [0.3, 0.4) is 0 Å². The number of unbranched alkanes of at least 4 members (excludes halogenated alkanes) is 2. The molecule has 1 rings (SSSR count). The van der Waals surface area contributed by atoms with E-state index in [4.69, 9.17) is 10.5 Å². The topological polar surface area (TPSA) is 38.5 Å². The highest BCUT2D eigenvalue weighted by Crippen LogP contribution is 2.28. The van der Waals surface area contributed by atoms with Crippen molar-refractivity contribution in [2.24, 2.45) is 11.1 Å². The number of nitrogens with zero attached hydrogens (tertiary/aromatic N) is 1. The first-order chi connectivity index (χ1) is 8.76. The molecule has 0 bridgehead atoms. The normalized spacial score (nSPS) is 24.7. The van der Waals surface area contributed by atoms with E-state index in [9.17, 15) is 0 Å². The van der Waals surface area contributed by atoms with Gasteiger partial charge in [-0.3, -0.25) is 0 Å². The van der Waals surface area contributed by atoms with Crippen LogP contribution in [-0.2, 0) is 4.74 Å². The van der Waals surface area contributed by atoms with Crippen molar-refractivity contribution >= 4 is 0 Å². The predicted molar refractivity (Wildman–Crippen MR) is 77.8 cm³/mol. The molecule has 0 aromatic carbocycles. The van der Waals surface area contributed by atoms with Crippen LogP contribution in [-0.4, -0.2) is 44.3 Å². The lowest BCUT2D eigenvalue weighted by Crippen LogP contribution is -2.48. The minimum atomic E-state index is 0.222. The molecule has 1 saturated heterocycles. The van der Waals surface area contributed by atoms with Gasteiger partial charge < -0.3 is 15.4 Å². The van der Waals surface area contributed by atoms with E-state index in [1.807, 2.05) is 0 Å².